The Morgan fingerprint density at radius 3 is 2.07 bits per heavy atom. The van der Waals surface area contributed by atoms with Crippen LogP contribution in [-0.2, 0) is 27.0 Å². The van der Waals surface area contributed by atoms with Crippen molar-refractivity contribution in [3.05, 3.63) is 65.2 Å². The van der Waals surface area contributed by atoms with Crippen molar-refractivity contribution in [3.8, 4) is 11.5 Å². The Labute approximate surface area is 171 Å². The Balaban J connectivity index is 2.01. The van der Waals surface area contributed by atoms with Crippen molar-refractivity contribution < 1.29 is 37.0 Å². The van der Waals surface area contributed by atoms with Gasteiger partial charge in [-0.3, -0.25) is 14.4 Å². The van der Waals surface area contributed by atoms with Crippen molar-refractivity contribution in [2.24, 2.45) is 0 Å². The first-order valence-electron chi connectivity index (χ1n) is 8.92. The lowest BCUT2D eigenvalue weighted by atomic mass is 10.0. The van der Waals surface area contributed by atoms with E-state index < -0.39 is 23.7 Å². The van der Waals surface area contributed by atoms with Gasteiger partial charge in [0.1, 0.15) is 0 Å². The molecule has 2 aromatic carbocycles. The minimum Gasteiger partial charge on any atom is -0.423 e. The highest BCUT2D eigenvalue weighted by Crippen LogP contribution is 2.30. The van der Waals surface area contributed by atoms with Crippen molar-refractivity contribution in [2.45, 2.75) is 32.9 Å². The van der Waals surface area contributed by atoms with Gasteiger partial charge in [0.05, 0.1) is 5.56 Å². The molecule has 0 aliphatic rings. The number of carbonyl (C=O) groups excluding carboxylic acids is 3. The van der Waals surface area contributed by atoms with Crippen LogP contribution in [0.5, 0.6) is 11.5 Å². The molecule has 0 amide bonds. The van der Waals surface area contributed by atoms with E-state index in [0.29, 0.717) is 17.5 Å². The molecule has 0 bridgehead atoms. The fourth-order valence-corrected chi connectivity index (χ4v) is 2.50. The second-order valence-electron chi connectivity index (χ2n) is 6.39. The van der Waals surface area contributed by atoms with Gasteiger partial charge in [0.25, 0.3) is 0 Å². The van der Waals surface area contributed by atoms with Crippen LogP contribution in [0.15, 0.2) is 48.5 Å². The predicted molar refractivity (Wildman–Crippen MR) is 103 cm³/mol. The molecule has 2 aromatic rings. The Morgan fingerprint density at radius 1 is 0.900 bits per heavy atom. The zero-order valence-electron chi connectivity index (χ0n) is 16.3. The first kappa shape index (κ1) is 22.9. The number of esters is 2. The number of aryl methyl sites for hydroxylation is 1. The van der Waals surface area contributed by atoms with E-state index in [4.69, 9.17) is 9.47 Å². The lowest BCUT2D eigenvalue weighted by Crippen LogP contribution is -2.07. The largest absolute Gasteiger partial charge is 0.423 e. The van der Waals surface area contributed by atoms with Crippen LogP contribution in [0, 0.1) is 0 Å². The lowest BCUT2D eigenvalue weighted by Gasteiger charge is -2.09. The average Bonchev–Trinajstić information content (AvgIpc) is 2.65. The quantitative estimate of drug-likeness (QED) is 0.367. The van der Waals surface area contributed by atoms with Crippen LogP contribution in [0.2, 0.25) is 0 Å². The molecule has 0 aromatic heterocycles. The van der Waals surface area contributed by atoms with Gasteiger partial charge in [-0.1, -0.05) is 24.3 Å². The van der Waals surface area contributed by atoms with Gasteiger partial charge in [0.2, 0.25) is 0 Å². The molecule has 5 nitrogen and oxygen atoms in total. The first-order chi connectivity index (χ1) is 14.0. The van der Waals surface area contributed by atoms with E-state index in [1.54, 1.807) is 6.07 Å². The van der Waals surface area contributed by atoms with Crippen LogP contribution < -0.4 is 9.47 Å². The van der Waals surface area contributed by atoms with Crippen LogP contribution in [-0.4, -0.2) is 17.7 Å². The van der Waals surface area contributed by atoms with Crippen molar-refractivity contribution >= 4 is 23.8 Å². The molecule has 0 saturated carbocycles. The zero-order valence-corrected chi connectivity index (χ0v) is 16.3. The Bertz CT molecular complexity index is 960. The van der Waals surface area contributed by atoms with Gasteiger partial charge in [0.15, 0.2) is 17.3 Å². The van der Waals surface area contributed by atoms with E-state index in [-0.39, 0.29) is 23.7 Å². The molecule has 0 atom stereocenters. The monoisotopic (exact) mass is 420 g/mol. The van der Waals surface area contributed by atoms with E-state index in [2.05, 4.69) is 0 Å². The summed E-state index contributed by atoms with van der Waals surface area (Å²) in [5, 5.41) is 0. The third-order valence-corrected chi connectivity index (χ3v) is 3.88. The smallest absolute Gasteiger partial charge is 0.416 e. The Kier molecular flexibility index (Phi) is 7.52. The van der Waals surface area contributed by atoms with Gasteiger partial charge < -0.3 is 9.47 Å². The number of hydrogen-bond donors (Lipinski definition) is 0. The van der Waals surface area contributed by atoms with Crippen LogP contribution in [0.4, 0.5) is 13.2 Å². The molecule has 0 saturated heterocycles. The first-order valence-corrected chi connectivity index (χ1v) is 8.92. The molecule has 158 valence electrons. The van der Waals surface area contributed by atoms with E-state index in [1.807, 2.05) is 0 Å². The molecule has 0 spiro atoms. The summed E-state index contributed by atoms with van der Waals surface area (Å²) in [6, 6.07) is 9.11. The molecule has 0 fully saturated rings. The number of alkyl halides is 3. The Hall–Kier alpha value is -3.42. The van der Waals surface area contributed by atoms with E-state index in [9.17, 15) is 27.6 Å². The highest BCUT2D eigenvalue weighted by atomic mass is 19.4. The summed E-state index contributed by atoms with van der Waals surface area (Å²) in [5.74, 6) is -1.30. The highest BCUT2D eigenvalue weighted by molar-refractivity contribution is 5.93. The van der Waals surface area contributed by atoms with E-state index in [1.165, 1.54) is 50.3 Å². The number of hydrogen-bond acceptors (Lipinski definition) is 5. The maximum atomic E-state index is 12.6. The minimum absolute atomic E-state index is 0.0389. The molecule has 0 aliphatic carbocycles. The lowest BCUT2D eigenvalue weighted by molar-refractivity contribution is -0.137. The van der Waals surface area contributed by atoms with Crippen molar-refractivity contribution in [2.75, 3.05) is 0 Å². The van der Waals surface area contributed by atoms with Crippen LogP contribution in [0.25, 0.3) is 6.08 Å². The van der Waals surface area contributed by atoms with Crippen LogP contribution in [0.1, 0.15) is 37.0 Å². The number of halogens is 3. The second kappa shape index (κ2) is 9.87. The van der Waals surface area contributed by atoms with Crippen molar-refractivity contribution in [1.82, 2.24) is 0 Å². The fourth-order valence-electron chi connectivity index (χ4n) is 2.50. The summed E-state index contributed by atoms with van der Waals surface area (Å²) in [5.41, 5.74) is 0.413. The predicted octanol–water partition coefficient (Wildman–Crippen LogP) is 4.77. The number of benzene rings is 2. The standard InChI is InChI=1S/C22H19F3O5/c1-14(26)29-20-12-7-17(13-21(20)30-15(2)27)6-11-19(28)10-5-16-3-8-18(9-4-16)22(23,24)25/h3-4,6-9,11-13H,5,10H2,1-2H3/b11-6+. The molecule has 0 radical (unpaired) electrons. The third-order valence-electron chi connectivity index (χ3n) is 3.88. The molecule has 2 rings (SSSR count). The van der Waals surface area contributed by atoms with Crippen molar-refractivity contribution in [3.63, 3.8) is 0 Å². The summed E-state index contributed by atoms with van der Waals surface area (Å²) in [4.78, 5) is 34.4. The van der Waals surface area contributed by atoms with Gasteiger partial charge in [-0.25, -0.2) is 0 Å². The number of carbonyl (C=O) groups is 3. The second-order valence-corrected chi connectivity index (χ2v) is 6.39. The molecule has 0 aliphatic heterocycles. The summed E-state index contributed by atoms with van der Waals surface area (Å²) < 4.78 is 47.7. The van der Waals surface area contributed by atoms with Crippen LogP contribution >= 0.6 is 0 Å². The van der Waals surface area contributed by atoms with E-state index in [0.717, 1.165) is 12.1 Å². The molecular formula is C22H19F3O5. The number of ketones is 1. The maximum absolute atomic E-state index is 12.6. The van der Waals surface area contributed by atoms with E-state index >= 15 is 0 Å². The third kappa shape index (κ3) is 7.20. The molecular weight excluding hydrogens is 401 g/mol. The fraction of sp³-hybridized carbons (Fsp3) is 0.227. The highest BCUT2D eigenvalue weighted by Gasteiger charge is 2.29. The molecule has 0 unspecified atom stereocenters. The van der Waals surface area contributed by atoms with Gasteiger partial charge >= 0.3 is 18.1 Å². The average molecular weight is 420 g/mol. The SMILES string of the molecule is CC(=O)Oc1ccc(/C=C/C(=O)CCc2ccc(C(F)(F)F)cc2)cc1OC(C)=O. The maximum Gasteiger partial charge on any atom is 0.416 e. The summed E-state index contributed by atoms with van der Waals surface area (Å²) in [6.07, 6.45) is -1.16. The Morgan fingerprint density at radius 2 is 1.50 bits per heavy atom. The number of allylic oxidation sites excluding steroid dienone is 1. The molecule has 0 heterocycles. The summed E-state index contributed by atoms with van der Waals surface area (Å²) >= 11 is 0. The van der Waals surface area contributed by atoms with Gasteiger partial charge in [-0.2, -0.15) is 13.2 Å². The normalized spacial score (nSPS) is 11.4. The zero-order chi connectivity index (χ0) is 22.3. The summed E-state index contributed by atoms with van der Waals surface area (Å²) in [7, 11) is 0. The van der Waals surface area contributed by atoms with Crippen molar-refractivity contribution in [1.29, 1.82) is 0 Å². The molecule has 8 heteroatoms. The molecule has 30 heavy (non-hydrogen) atoms. The number of ether oxygens (including phenoxy) is 2. The van der Waals surface area contributed by atoms with Gasteiger partial charge in [-0.15, -0.1) is 0 Å². The van der Waals surface area contributed by atoms with Gasteiger partial charge in [0, 0.05) is 20.3 Å². The minimum atomic E-state index is -4.40. The molecule has 0 N–H and O–H groups in total. The number of rotatable bonds is 7. The van der Waals surface area contributed by atoms with Crippen LogP contribution in [0.3, 0.4) is 0 Å². The summed E-state index contributed by atoms with van der Waals surface area (Å²) in [6.45, 7) is 2.41. The topological polar surface area (TPSA) is 69.7 Å². The van der Waals surface area contributed by atoms with Gasteiger partial charge in [-0.05, 0) is 47.9 Å².